The smallest absolute Gasteiger partial charge is 0.255 e. The number of allylic oxidation sites excluding steroid dienone is 1. The summed E-state index contributed by atoms with van der Waals surface area (Å²) in [5.41, 5.74) is 2.63. The predicted molar refractivity (Wildman–Crippen MR) is 131 cm³/mol. The van der Waals surface area contributed by atoms with Gasteiger partial charge < -0.3 is 15.2 Å². The van der Waals surface area contributed by atoms with E-state index in [2.05, 4.69) is 17.0 Å². The van der Waals surface area contributed by atoms with Crippen LogP contribution in [0.1, 0.15) is 40.2 Å². The molecule has 0 aliphatic carbocycles. The topological polar surface area (TPSA) is 91.2 Å². The minimum absolute atomic E-state index is 0.0269. The molecule has 0 bridgehead atoms. The van der Waals surface area contributed by atoms with Crippen LogP contribution in [0.5, 0.6) is 5.75 Å². The van der Waals surface area contributed by atoms with Crippen LogP contribution in [0.25, 0.3) is 0 Å². The summed E-state index contributed by atoms with van der Waals surface area (Å²) in [5.74, 6) is -0.425. The fourth-order valence-electron chi connectivity index (χ4n) is 3.55. The molecule has 0 unspecified atom stereocenters. The van der Waals surface area contributed by atoms with Crippen molar-refractivity contribution in [2.45, 2.75) is 19.6 Å². The number of carbonyl (C=O) groups excluding carboxylic acids is 2. The first kappa shape index (κ1) is 23.1. The van der Waals surface area contributed by atoms with Crippen LogP contribution < -0.4 is 5.32 Å². The van der Waals surface area contributed by atoms with E-state index in [4.69, 9.17) is 16.3 Å². The van der Waals surface area contributed by atoms with Crippen molar-refractivity contribution in [3.63, 3.8) is 0 Å². The zero-order valence-corrected chi connectivity index (χ0v) is 19.1. The molecule has 4 rings (SSSR count). The first-order valence-electron chi connectivity index (χ1n) is 10.5. The average Bonchev–Trinajstić information content (AvgIpc) is 3.27. The molecule has 1 atom stereocenters. The largest absolute Gasteiger partial charge is 0.507 e. The number of ether oxygens (including phenoxy) is 1. The number of nitrogens with zero attached hydrogens (tertiary/aromatic N) is 2. The zero-order chi connectivity index (χ0) is 24.2. The molecule has 1 aliphatic heterocycles. The molecule has 0 saturated heterocycles. The second-order valence-corrected chi connectivity index (χ2v) is 8.06. The minimum atomic E-state index is -0.926. The number of para-hydroxylation sites is 1. The van der Waals surface area contributed by atoms with Crippen LogP contribution in [0.15, 0.2) is 84.5 Å². The van der Waals surface area contributed by atoms with Gasteiger partial charge in [0.05, 0.1) is 5.56 Å². The number of carbonyl (C=O) groups is 2. The molecule has 0 saturated carbocycles. The van der Waals surface area contributed by atoms with Crippen molar-refractivity contribution in [3.05, 3.63) is 107 Å². The number of aromatic hydroxyl groups is 1. The number of phenolic OH excluding ortho intramolecular Hbond substituents is 1. The monoisotopic (exact) mass is 475 g/mol. The van der Waals surface area contributed by atoms with Gasteiger partial charge in [0.25, 0.3) is 5.91 Å². The van der Waals surface area contributed by atoms with E-state index in [0.717, 1.165) is 0 Å². The van der Waals surface area contributed by atoms with E-state index in [0.29, 0.717) is 39.4 Å². The van der Waals surface area contributed by atoms with Gasteiger partial charge in [-0.3, -0.25) is 9.59 Å². The Bertz CT molecular complexity index is 1290. The summed E-state index contributed by atoms with van der Waals surface area (Å²) < 4.78 is 6.02. The maximum absolute atomic E-state index is 12.6. The summed E-state index contributed by atoms with van der Waals surface area (Å²) in [6, 6.07) is 18.7. The zero-order valence-electron chi connectivity index (χ0n) is 18.4. The lowest BCUT2D eigenvalue weighted by atomic mass is 10.0. The lowest BCUT2D eigenvalue weighted by molar-refractivity contribution is -0.135. The van der Waals surface area contributed by atoms with Crippen LogP contribution in [0.4, 0.5) is 5.69 Å². The van der Waals surface area contributed by atoms with Crippen molar-refractivity contribution in [3.8, 4) is 5.75 Å². The first-order valence-corrected chi connectivity index (χ1v) is 10.9. The molecule has 0 fully saturated rings. The van der Waals surface area contributed by atoms with Crippen LogP contribution in [-0.4, -0.2) is 27.8 Å². The Labute approximate surface area is 201 Å². The number of nitrogens with one attached hydrogen (secondary N) is 1. The number of hydrazone groups is 1. The number of hydrogen-bond donors (Lipinski definition) is 2. The predicted octanol–water partition coefficient (Wildman–Crippen LogP) is 5.27. The molecule has 34 heavy (non-hydrogen) atoms. The molecule has 172 valence electrons. The Morgan fingerprint density at radius 3 is 2.62 bits per heavy atom. The number of benzene rings is 3. The van der Waals surface area contributed by atoms with E-state index < -0.39 is 6.23 Å². The van der Waals surface area contributed by atoms with Crippen LogP contribution in [0.3, 0.4) is 0 Å². The van der Waals surface area contributed by atoms with Gasteiger partial charge in [0.1, 0.15) is 5.75 Å². The minimum Gasteiger partial charge on any atom is -0.507 e. The van der Waals surface area contributed by atoms with Gasteiger partial charge >= 0.3 is 0 Å². The molecule has 1 heterocycles. The highest BCUT2D eigenvalue weighted by atomic mass is 35.5. The summed E-state index contributed by atoms with van der Waals surface area (Å²) in [4.78, 5) is 24.9. The van der Waals surface area contributed by atoms with E-state index in [-0.39, 0.29) is 23.5 Å². The maximum atomic E-state index is 12.6. The molecule has 7 nitrogen and oxygen atoms in total. The number of rotatable bonds is 6. The molecule has 0 radical (unpaired) electrons. The number of halogens is 1. The molecule has 1 aliphatic rings. The van der Waals surface area contributed by atoms with Gasteiger partial charge in [-0.2, -0.15) is 5.01 Å². The number of anilines is 1. The van der Waals surface area contributed by atoms with E-state index in [1.54, 1.807) is 72.8 Å². The van der Waals surface area contributed by atoms with Gasteiger partial charge in [-0.15, -0.1) is 11.7 Å². The van der Waals surface area contributed by atoms with Crippen molar-refractivity contribution in [1.82, 2.24) is 5.01 Å². The summed E-state index contributed by atoms with van der Waals surface area (Å²) in [5, 5.41) is 19.6. The normalized spacial score (nSPS) is 14.8. The summed E-state index contributed by atoms with van der Waals surface area (Å²) in [6.07, 6.45) is 1.22. The van der Waals surface area contributed by atoms with Gasteiger partial charge in [0, 0.05) is 28.8 Å². The third kappa shape index (κ3) is 4.79. The highest BCUT2D eigenvalue weighted by Gasteiger charge is 2.35. The molecular formula is C26H22ClN3O4. The highest BCUT2D eigenvalue weighted by molar-refractivity contribution is 6.30. The molecule has 2 amide bonds. The Morgan fingerprint density at radius 1 is 1.18 bits per heavy atom. The van der Waals surface area contributed by atoms with Crippen molar-refractivity contribution in [1.29, 1.82) is 0 Å². The molecule has 0 aromatic heterocycles. The van der Waals surface area contributed by atoms with Gasteiger partial charge in [-0.05, 0) is 60.5 Å². The van der Waals surface area contributed by atoms with Gasteiger partial charge in [0.2, 0.25) is 18.0 Å². The fraction of sp³-hybridized carbons (Fsp3) is 0.115. The van der Waals surface area contributed by atoms with Crippen LogP contribution in [-0.2, 0) is 16.0 Å². The van der Waals surface area contributed by atoms with Crippen LogP contribution in [0, 0.1) is 0 Å². The van der Waals surface area contributed by atoms with Crippen molar-refractivity contribution in [2.24, 2.45) is 5.10 Å². The average molecular weight is 476 g/mol. The molecule has 8 heteroatoms. The molecule has 3 aromatic rings. The maximum Gasteiger partial charge on any atom is 0.255 e. The molecular weight excluding hydrogens is 454 g/mol. The Hall–Kier alpha value is -4.10. The van der Waals surface area contributed by atoms with Crippen molar-refractivity contribution < 1.29 is 19.4 Å². The number of phenols is 1. The lowest BCUT2D eigenvalue weighted by Crippen LogP contribution is -2.25. The SMILES string of the molecule is C=CCc1cccc([C@H]2OC(c3cccc(NC(=O)c4ccc(Cl)cc4)c3)=NN2C(C)=O)c1O. The van der Waals surface area contributed by atoms with Gasteiger partial charge in [-0.25, -0.2) is 0 Å². The van der Waals surface area contributed by atoms with Crippen LogP contribution in [0.2, 0.25) is 5.02 Å². The molecule has 2 N–H and O–H groups in total. The van der Waals surface area contributed by atoms with Crippen molar-refractivity contribution in [2.75, 3.05) is 5.32 Å². The van der Waals surface area contributed by atoms with E-state index in [1.807, 2.05) is 0 Å². The Balaban J connectivity index is 1.59. The quantitative estimate of drug-likeness (QED) is 0.475. The lowest BCUT2D eigenvalue weighted by Gasteiger charge is -2.21. The molecule has 0 spiro atoms. The summed E-state index contributed by atoms with van der Waals surface area (Å²) in [6.45, 7) is 5.08. The standard InChI is InChI=1S/C26H22ClN3O4/c1-3-6-17-7-5-10-22(23(17)32)26-30(16(2)31)29-25(34-26)19-8-4-9-21(15-19)28-24(33)18-11-13-20(27)14-12-18/h3-5,7-15,26,32H,1,6H2,2H3,(H,28,33)/t26-/m1/s1. The third-order valence-electron chi connectivity index (χ3n) is 5.22. The second kappa shape index (κ2) is 9.80. The Kier molecular flexibility index (Phi) is 6.65. The number of amides is 2. The summed E-state index contributed by atoms with van der Waals surface area (Å²) in [7, 11) is 0. The highest BCUT2D eigenvalue weighted by Crippen LogP contribution is 2.37. The second-order valence-electron chi connectivity index (χ2n) is 7.63. The number of hydrogen-bond acceptors (Lipinski definition) is 5. The molecule has 3 aromatic carbocycles. The van der Waals surface area contributed by atoms with E-state index >= 15 is 0 Å². The van der Waals surface area contributed by atoms with E-state index in [1.165, 1.54) is 11.9 Å². The Morgan fingerprint density at radius 2 is 1.91 bits per heavy atom. The fourth-order valence-corrected chi connectivity index (χ4v) is 3.68. The van der Waals surface area contributed by atoms with Gasteiger partial charge in [-0.1, -0.05) is 35.9 Å². The van der Waals surface area contributed by atoms with Crippen LogP contribution >= 0.6 is 11.6 Å². The summed E-state index contributed by atoms with van der Waals surface area (Å²) >= 11 is 5.89. The van der Waals surface area contributed by atoms with E-state index in [9.17, 15) is 14.7 Å². The third-order valence-corrected chi connectivity index (χ3v) is 5.47. The van der Waals surface area contributed by atoms with Crippen molar-refractivity contribution >= 4 is 35.0 Å². The van der Waals surface area contributed by atoms with Gasteiger partial charge in [0.15, 0.2) is 0 Å². The first-order chi connectivity index (χ1) is 16.4.